The zero-order valence-electron chi connectivity index (χ0n) is 6.76. The van der Waals surface area contributed by atoms with Gasteiger partial charge in [-0.05, 0) is 6.42 Å². The Kier molecular flexibility index (Phi) is 4.45. The summed E-state index contributed by atoms with van der Waals surface area (Å²) in [6.45, 7) is 1.17. The third-order valence-electron chi connectivity index (χ3n) is 1.52. The molecule has 0 heterocycles. The van der Waals surface area contributed by atoms with E-state index in [1.54, 1.807) is 6.92 Å². The Labute approximate surface area is 65.6 Å². The molecule has 64 valence electrons. The molecule has 0 aliphatic rings. The van der Waals surface area contributed by atoms with Crippen molar-refractivity contribution < 1.29 is 14.7 Å². The molecule has 0 aromatic rings. The van der Waals surface area contributed by atoms with Crippen molar-refractivity contribution in [3.8, 4) is 0 Å². The molecule has 0 fully saturated rings. The topological polar surface area (TPSA) is 66.4 Å². The van der Waals surface area contributed by atoms with Gasteiger partial charge >= 0.3 is 0 Å². The van der Waals surface area contributed by atoms with Gasteiger partial charge in [0.1, 0.15) is 6.61 Å². The molecule has 1 unspecified atom stereocenters. The number of aliphatic hydroxyl groups excluding tert-OH is 1. The minimum Gasteiger partial charge on any atom is -0.389 e. The van der Waals surface area contributed by atoms with Gasteiger partial charge in [-0.25, -0.2) is 0 Å². The number of nitrogens with one attached hydrogen (secondary N) is 1. The maximum atomic E-state index is 10.9. The molecule has 0 aromatic heterocycles. The van der Waals surface area contributed by atoms with E-state index in [-0.39, 0.29) is 5.91 Å². The van der Waals surface area contributed by atoms with Crippen LogP contribution in [0.15, 0.2) is 0 Å². The minimum absolute atomic E-state index is 0.327. The highest BCUT2D eigenvalue weighted by atomic mass is 16.3. The first kappa shape index (κ1) is 10.1. The summed E-state index contributed by atoms with van der Waals surface area (Å²) in [5.41, 5.74) is 0. The van der Waals surface area contributed by atoms with Gasteiger partial charge in [-0.3, -0.25) is 9.59 Å². The second-order valence-corrected chi connectivity index (χ2v) is 2.20. The summed E-state index contributed by atoms with van der Waals surface area (Å²) < 4.78 is 0. The van der Waals surface area contributed by atoms with E-state index in [0.29, 0.717) is 6.42 Å². The Hall–Kier alpha value is -0.900. The van der Waals surface area contributed by atoms with Crippen LogP contribution in [0.3, 0.4) is 0 Å². The van der Waals surface area contributed by atoms with E-state index in [4.69, 9.17) is 5.11 Å². The Morgan fingerprint density at radius 2 is 2.09 bits per heavy atom. The number of aliphatic hydroxyl groups is 1. The van der Waals surface area contributed by atoms with Crippen molar-refractivity contribution in [3.63, 3.8) is 0 Å². The first-order valence-corrected chi connectivity index (χ1v) is 3.52. The molecular weight excluding hydrogens is 146 g/mol. The molecule has 0 saturated heterocycles. The van der Waals surface area contributed by atoms with Crippen molar-refractivity contribution in [2.75, 3.05) is 13.7 Å². The summed E-state index contributed by atoms with van der Waals surface area (Å²) in [6, 6.07) is 0. The average Bonchev–Trinajstić information content (AvgIpc) is 2.05. The van der Waals surface area contributed by atoms with Crippen LogP contribution in [0.25, 0.3) is 0 Å². The highest BCUT2D eigenvalue weighted by Crippen LogP contribution is 2.03. The van der Waals surface area contributed by atoms with Gasteiger partial charge in [0.15, 0.2) is 5.78 Å². The maximum absolute atomic E-state index is 10.9. The van der Waals surface area contributed by atoms with Gasteiger partial charge in [0.05, 0.1) is 5.92 Å². The normalized spacial score (nSPS) is 12.3. The molecule has 2 N–H and O–H groups in total. The number of hydrogen-bond acceptors (Lipinski definition) is 3. The third-order valence-corrected chi connectivity index (χ3v) is 1.52. The summed E-state index contributed by atoms with van der Waals surface area (Å²) in [5.74, 6) is -1.44. The lowest BCUT2D eigenvalue weighted by Gasteiger charge is -2.09. The Morgan fingerprint density at radius 1 is 1.55 bits per heavy atom. The lowest BCUT2D eigenvalue weighted by atomic mass is 10.0. The Balaban J connectivity index is 4.15. The minimum atomic E-state index is -0.690. The van der Waals surface area contributed by atoms with Crippen LogP contribution in [0.5, 0.6) is 0 Å². The fourth-order valence-corrected chi connectivity index (χ4v) is 0.844. The van der Waals surface area contributed by atoms with E-state index in [2.05, 4.69) is 5.32 Å². The molecule has 1 amide bonds. The quantitative estimate of drug-likeness (QED) is 0.534. The van der Waals surface area contributed by atoms with Crippen LogP contribution in [0.2, 0.25) is 0 Å². The molecule has 0 spiro atoms. The smallest absolute Gasteiger partial charge is 0.230 e. The molecule has 0 radical (unpaired) electrons. The van der Waals surface area contributed by atoms with Crippen LogP contribution < -0.4 is 5.32 Å². The maximum Gasteiger partial charge on any atom is 0.230 e. The van der Waals surface area contributed by atoms with E-state index in [9.17, 15) is 9.59 Å². The van der Waals surface area contributed by atoms with Crippen LogP contribution >= 0.6 is 0 Å². The van der Waals surface area contributed by atoms with Crippen molar-refractivity contribution in [1.82, 2.24) is 5.32 Å². The van der Waals surface area contributed by atoms with E-state index < -0.39 is 18.3 Å². The van der Waals surface area contributed by atoms with Crippen molar-refractivity contribution in [3.05, 3.63) is 0 Å². The van der Waals surface area contributed by atoms with Gasteiger partial charge in [-0.15, -0.1) is 0 Å². The van der Waals surface area contributed by atoms with Gasteiger partial charge in [-0.1, -0.05) is 6.92 Å². The highest BCUT2D eigenvalue weighted by molar-refractivity contribution is 6.01. The Bertz CT molecular complexity index is 140. The van der Waals surface area contributed by atoms with Gasteiger partial charge in [0.25, 0.3) is 0 Å². The summed E-state index contributed by atoms with van der Waals surface area (Å²) in [6.07, 6.45) is 0.430. The fourth-order valence-electron chi connectivity index (χ4n) is 0.844. The zero-order valence-corrected chi connectivity index (χ0v) is 6.76. The lowest BCUT2D eigenvalue weighted by Crippen LogP contribution is -2.34. The van der Waals surface area contributed by atoms with E-state index >= 15 is 0 Å². The second-order valence-electron chi connectivity index (χ2n) is 2.20. The van der Waals surface area contributed by atoms with Crippen molar-refractivity contribution in [1.29, 1.82) is 0 Å². The fraction of sp³-hybridized carbons (Fsp3) is 0.714. The van der Waals surface area contributed by atoms with Crippen LogP contribution in [0.1, 0.15) is 13.3 Å². The number of carbonyl (C=O) groups excluding carboxylic acids is 2. The van der Waals surface area contributed by atoms with Gasteiger partial charge in [-0.2, -0.15) is 0 Å². The summed E-state index contributed by atoms with van der Waals surface area (Å²) in [4.78, 5) is 21.7. The summed E-state index contributed by atoms with van der Waals surface area (Å²) in [7, 11) is 1.47. The number of carbonyl (C=O) groups is 2. The lowest BCUT2D eigenvalue weighted by molar-refractivity contribution is -0.135. The molecule has 4 heteroatoms. The molecule has 0 aliphatic heterocycles. The van der Waals surface area contributed by atoms with Crippen molar-refractivity contribution in [2.24, 2.45) is 5.92 Å². The first-order chi connectivity index (χ1) is 5.17. The van der Waals surface area contributed by atoms with Gasteiger partial charge in [0, 0.05) is 7.05 Å². The Morgan fingerprint density at radius 3 is 2.36 bits per heavy atom. The molecule has 0 aliphatic carbocycles. The number of Topliss-reactive ketones (excluding diaryl/α,β-unsaturated/α-hetero) is 1. The number of hydrogen-bond donors (Lipinski definition) is 2. The van der Waals surface area contributed by atoms with E-state index in [0.717, 1.165) is 0 Å². The van der Waals surface area contributed by atoms with Crippen LogP contribution in [0, 0.1) is 5.92 Å². The molecular formula is C7H13NO3. The molecule has 0 bridgehead atoms. The summed E-state index contributed by atoms with van der Waals surface area (Å²) >= 11 is 0. The molecule has 0 saturated carbocycles. The molecule has 4 nitrogen and oxygen atoms in total. The van der Waals surface area contributed by atoms with Crippen molar-refractivity contribution >= 4 is 11.7 Å². The predicted molar refractivity (Wildman–Crippen MR) is 39.9 cm³/mol. The molecule has 0 rings (SSSR count). The number of rotatable bonds is 4. The number of ketones is 1. The molecule has 0 aromatic carbocycles. The third kappa shape index (κ3) is 2.67. The first-order valence-electron chi connectivity index (χ1n) is 3.52. The second kappa shape index (κ2) is 4.85. The van der Waals surface area contributed by atoms with E-state index in [1.165, 1.54) is 7.05 Å². The van der Waals surface area contributed by atoms with Gasteiger partial charge in [0.2, 0.25) is 5.91 Å². The van der Waals surface area contributed by atoms with E-state index in [1.807, 2.05) is 0 Å². The molecule has 11 heavy (non-hydrogen) atoms. The van der Waals surface area contributed by atoms with Gasteiger partial charge < -0.3 is 10.4 Å². The molecule has 1 atom stereocenters. The summed E-state index contributed by atoms with van der Waals surface area (Å²) in [5, 5.41) is 10.8. The van der Waals surface area contributed by atoms with Crippen LogP contribution in [-0.2, 0) is 9.59 Å². The van der Waals surface area contributed by atoms with Crippen molar-refractivity contribution in [2.45, 2.75) is 13.3 Å². The predicted octanol–water partition coefficient (Wildman–Crippen LogP) is -0.680. The largest absolute Gasteiger partial charge is 0.389 e. The zero-order chi connectivity index (χ0) is 8.85. The monoisotopic (exact) mass is 159 g/mol. The number of amides is 1. The standard InChI is InChI=1S/C7H13NO3/c1-3-5(6(10)4-9)7(11)8-2/h5,9H,3-4H2,1-2H3,(H,8,11). The van der Waals surface area contributed by atoms with Crippen LogP contribution in [0.4, 0.5) is 0 Å². The average molecular weight is 159 g/mol. The SMILES string of the molecule is CCC(C(=O)CO)C(=O)NC. The van der Waals surface area contributed by atoms with Crippen LogP contribution in [-0.4, -0.2) is 30.5 Å². The highest BCUT2D eigenvalue weighted by Gasteiger charge is 2.22.